The van der Waals surface area contributed by atoms with Gasteiger partial charge in [0, 0.05) is 85.2 Å². The summed E-state index contributed by atoms with van der Waals surface area (Å²) in [6, 6.07) is 24.4. The second-order valence-electron chi connectivity index (χ2n) is 16.2. The molecule has 0 aliphatic carbocycles. The molecule has 58 heavy (non-hydrogen) atoms. The Labute approximate surface area is 337 Å². The Morgan fingerprint density at radius 1 is 0.897 bits per heavy atom. The Balaban J connectivity index is 0.858. The van der Waals surface area contributed by atoms with Gasteiger partial charge in [-0.2, -0.15) is 10.1 Å². The molecule has 0 spiro atoms. The molecule has 14 nitrogen and oxygen atoms in total. The van der Waals surface area contributed by atoms with Crippen LogP contribution in [-0.4, -0.2) is 87.3 Å². The number of anilines is 2. The quantitative estimate of drug-likeness (QED) is 0.138. The van der Waals surface area contributed by atoms with Gasteiger partial charge < -0.3 is 14.7 Å². The minimum Gasteiger partial charge on any atom is -0.369 e. The Morgan fingerprint density at radius 2 is 1.62 bits per heavy atom. The molecule has 2 fully saturated rings. The first kappa shape index (κ1) is 38.5. The highest BCUT2D eigenvalue weighted by Crippen LogP contribution is 2.32. The van der Waals surface area contributed by atoms with E-state index >= 15 is 0 Å². The molecule has 14 heteroatoms. The first-order valence-electron chi connectivity index (χ1n) is 19.8. The van der Waals surface area contributed by atoms with E-state index in [9.17, 15) is 14.4 Å². The number of rotatable bonds is 10. The van der Waals surface area contributed by atoms with Gasteiger partial charge in [0.25, 0.3) is 11.7 Å². The van der Waals surface area contributed by atoms with Gasteiger partial charge >= 0.3 is 6.03 Å². The number of pyridine rings is 1. The van der Waals surface area contributed by atoms with Crippen LogP contribution in [0.15, 0.2) is 83.5 Å². The summed E-state index contributed by atoms with van der Waals surface area (Å²) >= 11 is 0. The summed E-state index contributed by atoms with van der Waals surface area (Å²) in [7, 11) is 0. The van der Waals surface area contributed by atoms with Crippen molar-refractivity contribution < 1.29 is 18.9 Å². The number of carbonyl (C=O) groups is 3. The Hall–Kier alpha value is -6.41. The van der Waals surface area contributed by atoms with Crippen LogP contribution in [-0.2, 0) is 16.6 Å². The zero-order valence-corrected chi connectivity index (χ0v) is 33.5. The highest BCUT2D eigenvalue weighted by molar-refractivity contribution is 6.05. The molecule has 1 atom stereocenters. The molecule has 5 heterocycles. The SMILES string of the molecule is Cc1cc(-c2n[nH]c3ncc(-c4ccc(CCN5CCN(c6ccc(N7CCC(=O)NC7=O)cc6)CC5)cc4)cc23)ccc1[C@@H](C)NC(=O)c1noc(C(C)(C)C)n1. The maximum absolute atomic E-state index is 12.9. The van der Waals surface area contributed by atoms with Crippen LogP contribution in [0.3, 0.4) is 0 Å². The molecule has 3 aromatic carbocycles. The molecular weight excluding hydrogens is 733 g/mol. The van der Waals surface area contributed by atoms with Gasteiger partial charge in [-0.3, -0.25) is 29.8 Å². The molecule has 6 aromatic rings. The van der Waals surface area contributed by atoms with E-state index in [0.29, 0.717) is 18.9 Å². The molecule has 2 aliphatic heterocycles. The first-order chi connectivity index (χ1) is 27.9. The molecule has 8 rings (SSSR count). The highest BCUT2D eigenvalue weighted by Gasteiger charge is 2.27. The zero-order chi connectivity index (χ0) is 40.6. The predicted octanol–water partition coefficient (Wildman–Crippen LogP) is 6.58. The van der Waals surface area contributed by atoms with Crippen LogP contribution in [0.5, 0.6) is 0 Å². The largest absolute Gasteiger partial charge is 0.369 e. The number of nitrogens with one attached hydrogen (secondary N) is 3. The van der Waals surface area contributed by atoms with E-state index < -0.39 is 0 Å². The lowest BCUT2D eigenvalue weighted by molar-refractivity contribution is -0.120. The minimum absolute atomic E-state index is 0.0203. The van der Waals surface area contributed by atoms with Gasteiger partial charge in [-0.15, -0.1) is 0 Å². The molecule has 4 amide bonds. The van der Waals surface area contributed by atoms with Gasteiger partial charge in [0.05, 0.1) is 6.04 Å². The zero-order valence-electron chi connectivity index (χ0n) is 33.5. The van der Waals surface area contributed by atoms with E-state index in [4.69, 9.17) is 9.51 Å². The standard InChI is InChI=1S/C44H48N10O4/c1-27-24-31(10-15-35(27)28(2)46-41(56)40-48-42(58-51-40)44(3,4)5)38-36-25-32(26-45-39(36)50-49-38)30-8-6-29(7-9-30)16-18-52-20-22-53(23-21-52)33-11-13-34(14-12-33)54-19-17-37(55)47-43(54)57/h6-15,24-26,28H,16-23H2,1-5H3,(H,46,56)(H,45,49,50)(H,47,55,57)/t28-/m1/s1. The van der Waals surface area contributed by atoms with E-state index in [-0.39, 0.29) is 35.1 Å². The number of benzene rings is 3. The number of aryl methyl sites for hydroxylation is 1. The topological polar surface area (TPSA) is 165 Å². The van der Waals surface area contributed by atoms with Crippen molar-refractivity contribution in [2.24, 2.45) is 0 Å². The fourth-order valence-electron chi connectivity index (χ4n) is 7.58. The van der Waals surface area contributed by atoms with Crippen molar-refractivity contribution in [2.45, 2.75) is 58.9 Å². The Bertz CT molecular complexity index is 2460. The third-order valence-electron chi connectivity index (χ3n) is 11.0. The van der Waals surface area contributed by atoms with Crippen LogP contribution in [0.25, 0.3) is 33.4 Å². The molecule has 0 unspecified atom stereocenters. The molecular formula is C44H48N10O4. The maximum atomic E-state index is 12.9. The van der Waals surface area contributed by atoms with Crippen LogP contribution >= 0.6 is 0 Å². The van der Waals surface area contributed by atoms with Crippen molar-refractivity contribution in [3.05, 3.63) is 107 Å². The van der Waals surface area contributed by atoms with E-state index in [1.807, 2.05) is 65.1 Å². The molecule has 0 bridgehead atoms. The average Bonchev–Trinajstić information content (AvgIpc) is 3.89. The van der Waals surface area contributed by atoms with Gasteiger partial charge in [-0.25, -0.2) is 9.78 Å². The second-order valence-corrected chi connectivity index (χ2v) is 16.2. The monoisotopic (exact) mass is 780 g/mol. The lowest BCUT2D eigenvalue weighted by Crippen LogP contribution is -2.49. The van der Waals surface area contributed by atoms with Crippen LogP contribution in [0.2, 0.25) is 0 Å². The van der Waals surface area contributed by atoms with Crippen LogP contribution in [0.4, 0.5) is 16.2 Å². The van der Waals surface area contributed by atoms with E-state index in [1.165, 1.54) is 5.56 Å². The van der Waals surface area contributed by atoms with Crippen molar-refractivity contribution in [1.82, 2.24) is 40.9 Å². The third-order valence-corrected chi connectivity index (χ3v) is 11.0. The Kier molecular flexibility index (Phi) is 10.5. The Morgan fingerprint density at radius 3 is 2.31 bits per heavy atom. The van der Waals surface area contributed by atoms with Crippen molar-refractivity contribution in [1.29, 1.82) is 0 Å². The van der Waals surface area contributed by atoms with Crippen molar-refractivity contribution >= 4 is 40.3 Å². The predicted molar refractivity (Wildman–Crippen MR) is 223 cm³/mol. The van der Waals surface area contributed by atoms with Crippen LogP contribution in [0.1, 0.15) is 73.4 Å². The number of urea groups is 1. The van der Waals surface area contributed by atoms with Gasteiger partial charge in [0.1, 0.15) is 5.69 Å². The highest BCUT2D eigenvalue weighted by atomic mass is 16.5. The molecule has 0 saturated carbocycles. The smallest absolute Gasteiger partial charge is 0.328 e. The minimum atomic E-state index is -0.386. The van der Waals surface area contributed by atoms with Crippen molar-refractivity contribution in [2.75, 3.05) is 49.1 Å². The fourth-order valence-corrected chi connectivity index (χ4v) is 7.58. The second kappa shape index (κ2) is 15.9. The lowest BCUT2D eigenvalue weighted by atomic mass is 9.97. The molecule has 2 aliphatic rings. The normalized spacial score (nSPS) is 15.8. The number of aromatic amines is 1. The number of aromatic nitrogens is 5. The van der Waals surface area contributed by atoms with Crippen molar-refractivity contribution in [3.63, 3.8) is 0 Å². The number of nitrogens with zero attached hydrogens (tertiary/aromatic N) is 7. The van der Waals surface area contributed by atoms with E-state index in [0.717, 1.165) is 95.1 Å². The average molecular weight is 781 g/mol. The summed E-state index contributed by atoms with van der Waals surface area (Å²) < 4.78 is 5.30. The van der Waals surface area contributed by atoms with Gasteiger partial charge in [-0.1, -0.05) is 62.3 Å². The van der Waals surface area contributed by atoms with Gasteiger partial charge in [0.2, 0.25) is 11.8 Å². The molecule has 0 radical (unpaired) electrons. The van der Waals surface area contributed by atoms with Gasteiger partial charge in [0.15, 0.2) is 5.65 Å². The molecule has 3 aromatic heterocycles. The summed E-state index contributed by atoms with van der Waals surface area (Å²) in [5.41, 5.74) is 9.47. The van der Waals surface area contributed by atoms with Crippen LogP contribution < -0.4 is 20.4 Å². The summed E-state index contributed by atoms with van der Waals surface area (Å²) in [5, 5.41) is 17.9. The summed E-state index contributed by atoms with van der Waals surface area (Å²) in [6.07, 6.45) is 3.16. The molecule has 298 valence electrons. The summed E-state index contributed by atoms with van der Waals surface area (Å²) in [6.45, 7) is 15.0. The number of H-pyrrole nitrogens is 1. The first-order valence-corrected chi connectivity index (χ1v) is 19.8. The number of fused-ring (bicyclic) bond motifs is 1. The maximum Gasteiger partial charge on any atom is 0.328 e. The van der Waals surface area contributed by atoms with Crippen LogP contribution in [0, 0.1) is 6.92 Å². The third kappa shape index (κ3) is 8.19. The lowest BCUT2D eigenvalue weighted by Gasteiger charge is -2.36. The number of carbonyl (C=O) groups excluding carboxylic acids is 3. The fraction of sp³-hybridized carbons (Fsp3) is 0.341. The van der Waals surface area contributed by atoms with Gasteiger partial charge in [-0.05, 0) is 78.9 Å². The summed E-state index contributed by atoms with van der Waals surface area (Å²) in [4.78, 5) is 52.1. The number of piperazine rings is 1. The number of hydrogen-bond donors (Lipinski definition) is 3. The molecule has 2 saturated heterocycles. The number of imide groups is 1. The van der Waals surface area contributed by atoms with Crippen molar-refractivity contribution in [3.8, 4) is 22.4 Å². The molecule has 3 N–H and O–H groups in total. The number of amides is 4. The number of hydrogen-bond acceptors (Lipinski definition) is 10. The van der Waals surface area contributed by atoms with E-state index in [1.54, 1.807) is 4.90 Å². The summed E-state index contributed by atoms with van der Waals surface area (Å²) in [5.74, 6) is -0.177. The van der Waals surface area contributed by atoms with E-state index in [2.05, 4.69) is 89.3 Å².